The number of nitrogens with one attached hydrogen (secondary N) is 1. The first-order chi connectivity index (χ1) is 9.79. The molecule has 4 nitrogen and oxygen atoms in total. The van der Waals surface area contributed by atoms with Crippen LogP contribution in [0, 0.1) is 18.3 Å². The zero-order valence-electron chi connectivity index (χ0n) is 12.6. The lowest BCUT2D eigenvalue weighted by Gasteiger charge is -2.08. The summed E-state index contributed by atoms with van der Waals surface area (Å²) >= 11 is 0. The van der Waals surface area contributed by atoms with Gasteiger partial charge in [-0.05, 0) is 54.0 Å². The lowest BCUT2D eigenvalue weighted by molar-refractivity contribution is -0.131. The molecule has 1 aliphatic carbocycles. The molecular formula is C17H21NO3. The molecule has 1 aromatic carbocycles. The van der Waals surface area contributed by atoms with Crippen molar-refractivity contribution in [1.29, 1.82) is 0 Å². The molecule has 1 aromatic rings. The molecule has 2 rings (SSSR count). The maximum Gasteiger partial charge on any atom is 0.328 e. The largest absolute Gasteiger partial charge is 0.478 e. The van der Waals surface area contributed by atoms with Crippen LogP contribution in [0.1, 0.15) is 41.8 Å². The Balaban J connectivity index is 1.99. The first-order valence-corrected chi connectivity index (χ1v) is 7.09. The second-order valence-electron chi connectivity index (χ2n) is 6.34. The fourth-order valence-electron chi connectivity index (χ4n) is 2.41. The highest BCUT2D eigenvalue weighted by Gasteiger charge is 2.45. The Kier molecular flexibility index (Phi) is 4.16. The number of hydrogen-bond acceptors (Lipinski definition) is 2. The van der Waals surface area contributed by atoms with Gasteiger partial charge in [-0.15, -0.1) is 0 Å². The quantitative estimate of drug-likeness (QED) is 0.818. The van der Waals surface area contributed by atoms with Crippen LogP contribution in [0.25, 0.3) is 6.08 Å². The first-order valence-electron chi connectivity index (χ1n) is 7.09. The molecule has 0 aromatic heterocycles. The Morgan fingerprint density at radius 2 is 2.10 bits per heavy atom. The molecule has 1 atom stereocenters. The molecule has 0 saturated heterocycles. The van der Waals surface area contributed by atoms with E-state index in [1.54, 1.807) is 18.2 Å². The Hall–Kier alpha value is -2.10. The van der Waals surface area contributed by atoms with Crippen LogP contribution in [0.5, 0.6) is 0 Å². The summed E-state index contributed by atoms with van der Waals surface area (Å²) in [6.07, 6.45) is 3.79. The van der Waals surface area contributed by atoms with Gasteiger partial charge in [-0.2, -0.15) is 0 Å². The van der Waals surface area contributed by atoms with Gasteiger partial charge in [0.25, 0.3) is 5.91 Å². The predicted molar refractivity (Wildman–Crippen MR) is 82.1 cm³/mol. The number of hydrogen-bond donors (Lipinski definition) is 2. The van der Waals surface area contributed by atoms with Gasteiger partial charge in [0.1, 0.15) is 0 Å². The van der Waals surface area contributed by atoms with E-state index in [-0.39, 0.29) is 5.91 Å². The van der Waals surface area contributed by atoms with Gasteiger partial charge in [0.2, 0.25) is 0 Å². The van der Waals surface area contributed by atoms with Crippen LogP contribution in [0.15, 0.2) is 24.3 Å². The molecule has 1 fully saturated rings. The summed E-state index contributed by atoms with van der Waals surface area (Å²) in [7, 11) is 0. The Bertz CT molecular complexity index is 602. The number of rotatable bonds is 5. The van der Waals surface area contributed by atoms with E-state index >= 15 is 0 Å². The topological polar surface area (TPSA) is 66.4 Å². The molecule has 0 spiro atoms. The average Bonchev–Trinajstić information content (AvgIpc) is 3.02. The van der Waals surface area contributed by atoms with Crippen molar-refractivity contribution in [2.45, 2.75) is 27.2 Å². The normalized spacial score (nSPS) is 19.5. The molecule has 1 unspecified atom stereocenters. The van der Waals surface area contributed by atoms with E-state index < -0.39 is 5.97 Å². The van der Waals surface area contributed by atoms with Crippen LogP contribution in [-0.2, 0) is 4.79 Å². The minimum atomic E-state index is -0.983. The third-order valence-corrected chi connectivity index (χ3v) is 4.16. The van der Waals surface area contributed by atoms with Crippen LogP contribution in [0.2, 0.25) is 0 Å². The number of aliphatic carboxylic acids is 1. The molecule has 0 radical (unpaired) electrons. The fraction of sp³-hybridized carbons (Fsp3) is 0.412. The number of benzene rings is 1. The van der Waals surface area contributed by atoms with Gasteiger partial charge < -0.3 is 10.4 Å². The number of carbonyl (C=O) groups is 2. The molecule has 1 aliphatic rings. The third-order valence-electron chi connectivity index (χ3n) is 4.16. The molecule has 0 aliphatic heterocycles. The van der Waals surface area contributed by atoms with Gasteiger partial charge >= 0.3 is 5.97 Å². The highest BCUT2D eigenvalue weighted by atomic mass is 16.4. The van der Waals surface area contributed by atoms with Crippen molar-refractivity contribution in [1.82, 2.24) is 5.32 Å². The summed E-state index contributed by atoms with van der Waals surface area (Å²) < 4.78 is 0. The monoisotopic (exact) mass is 287 g/mol. The molecule has 0 bridgehead atoms. The maximum absolute atomic E-state index is 12.1. The number of aryl methyl sites for hydroxylation is 1. The van der Waals surface area contributed by atoms with E-state index in [0.717, 1.165) is 23.6 Å². The van der Waals surface area contributed by atoms with Gasteiger partial charge in [-0.1, -0.05) is 19.9 Å². The molecule has 21 heavy (non-hydrogen) atoms. The molecule has 0 heterocycles. The van der Waals surface area contributed by atoms with Crippen LogP contribution in [0.3, 0.4) is 0 Å². The highest BCUT2D eigenvalue weighted by Crippen LogP contribution is 2.50. The smallest absolute Gasteiger partial charge is 0.328 e. The standard InChI is InChI=1S/C17H21NO3/c1-11-8-13(5-4-12(11)6-7-15(19)20)16(21)18-10-14-9-17(14,2)3/h4-8,14H,9-10H2,1-3H3,(H,18,21)(H,19,20)/b7-6+. The van der Waals surface area contributed by atoms with E-state index in [2.05, 4.69) is 19.2 Å². The van der Waals surface area contributed by atoms with Crippen LogP contribution in [-0.4, -0.2) is 23.5 Å². The first kappa shape index (κ1) is 15.3. The molecule has 1 amide bonds. The average molecular weight is 287 g/mol. The van der Waals surface area contributed by atoms with Crippen LogP contribution < -0.4 is 5.32 Å². The van der Waals surface area contributed by atoms with E-state index in [1.807, 2.05) is 6.92 Å². The second kappa shape index (κ2) is 5.72. The summed E-state index contributed by atoms with van der Waals surface area (Å²) in [5.74, 6) is -0.488. The maximum atomic E-state index is 12.1. The van der Waals surface area contributed by atoms with Crippen molar-refractivity contribution < 1.29 is 14.7 Å². The van der Waals surface area contributed by atoms with Crippen LogP contribution >= 0.6 is 0 Å². The fourth-order valence-corrected chi connectivity index (χ4v) is 2.41. The molecule has 112 valence electrons. The summed E-state index contributed by atoms with van der Waals surface area (Å²) in [4.78, 5) is 22.6. The van der Waals surface area contributed by atoms with E-state index in [9.17, 15) is 9.59 Å². The minimum absolute atomic E-state index is 0.0745. The summed E-state index contributed by atoms with van der Waals surface area (Å²) in [5.41, 5.74) is 2.65. The van der Waals surface area contributed by atoms with E-state index in [1.165, 1.54) is 6.08 Å². The number of carboxylic acid groups (broad SMARTS) is 1. The summed E-state index contributed by atoms with van der Waals surface area (Å²) in [5, 5.41) is 11.6. The zero-order chi connectivity index (χ0) is 15.6. The third kappa shape index (κ3) is 3.94. The lowest BCUT2D eigenvalue weighted by atomic mass is 10.0. The molecule has 1 saturated carbocycles. The van der Waals surface area contributed by atoms with Gasteiger partial charge in [-0.3, -0.25) is 4.79 Å². The van der Waals surface area contributed by atoms with Crippen molar-refractivity contribution in [3.05, 3.63) is 41.0 Å². The Morgan fingerprint density at radius 1 is 1.43 bits per heavy atom. The van der Waals surface area contributed by atoms with Crippen molar-refractivity contribution >= 4 is 18.0 Å². The van der Waals surface area contributed by atoms with Gasteiger partial charge in [-0.25, -0.2) is 4.79 Å². The minimum Gasteiger partial charge on any atom is -0.478 e. The Labute approximate surface area is 124 Å². The zero-order valence-corrected chi connectivity index (χ0v) is 12.6. The van der Waals surface area contributed by atoms with Crippen molar-refractivity contribution in [2.75, 3.05) is 6.54 Å². The predicted octanol–water partition coefficient (Wildman–Crippen LogP) is 2.87. The van der Waals surface area contributed by atoms with E-state index in [4.69, 9.17) is 5.11 Å². The Morgan fingerprint density at radius 3 is 2.62 bits per heavy atom. The second-order valence-corrected chi connectivity index (χ2v) is 6.34. The van der Waals surface area contributed by atoms with E-state index in [0.29, 0.717) is 23.4 Å². The number of carbonyl (C=O) groups excluding carboxylic acids is 1. The van der Waals surface area contributed by atoms with Crippen molar-refractivity contribution in [3.8, 4) is 0 Å². The lowest BCUT2D eigenvalue weighted by Crippen LogP contribution is -2.26. The number of amides is 1. The molecular weight excluding hydrogens is 266 g/mol. The van der Waals surface area contributed by atoms with Gasteiger partial charge in [0.15, 0.2) is 0 Å². The SMILES string of the molecule is Cc1cc(C(=O)NCC2CC2(C)C)ccc1/C=C/C(=O)O. The molecule has 2 N–H and O–H groups in total. The highest BCUT2D eigenvalue weighted by molar-refractivity contribution is 5.95. The van der Waals surface area contributed by atoms with Crippen molar-refractivity contribution in [3.63, 3.8) is 0 Å². The molecule has 4 heteroatoms. The number of carboxylic acids is 1. The summed E-state index contributed by atoms with van der Waals surface area (Å²) in [6.45, 7) is 6.99. The van der Waals surface area contributed by atoms with Crippen LogP contribution in [0.4, 0.5) is 0 Å². The summed E-state index contributed by atoms with van der Waals surface area (Å²) in [6, 6.07) is 5.28. The van der Waals surface area contributed by atoms with Gasteiger partial charge in [0.05, 0.1) is 0 Å². The van der Waals surface area contributed by atoms with Gasteiger partial charge in [0, 0.05) is 18.2 Å². The van der Waals surface area contributed by atoms with Crippen molar-refractivity contribution in [2.24, 2.45) is 11.3 Å².